The van der Waals surface area contributed by atoms with E-state index in [-0.39, 0.29) is 4.90 Å². The van der Waals surface area contributed by atoms with Gasteiger partial charge >= 0.3 is 0 Å². The van der Waals surface area contributed by atoms with Crippen molar-refractivity contribution in [2.24, 2.45) is 0 Å². The van der Waals surface area contributed by atoms with Crippen molar-refractivity contribution in [2.75, 3.05) is 17.1 Å². The summed E-state index contributed by atoms with van der Waals surface area (Å²) >= 11 is 0. The molecule has 38 heavy (non-hydrogen) atoms. The Balaban J connectivity index is 1.42. The van der Waals surface area contributed by atoms with Gasteiger partial charge in [0, 0.05) is 23.3 Å². The second kappa shape index (κ2) is 11.0. The number of para-hydroxylation sites is 1. The molecule has 198 valence electrons. The predicted octanol–water partition coefficient (Wildman–Crippen LogP) is 6.72. The Morgan fingerprint density at radius 2 is 1.82 bits per heavy atom. The summed E-state index contributed by atoms with van der Waals surface area (Å²) in [5.41, 5.74) is 5.68. The molecule has 1 heterocycles. The molecule has 5 rings (SSSR count). The molecule has 0 spiro atoms. The first kappa shape index (κ1) is 26.0. The molecule has 3 aromatic carbocycles. The summed E-state index contributed by atoms with van der Waals surface area (Å²) in [5, 5.41) is 4.53. The molecular weight excluding hydrogens is 496 g/mol. The van der Waals surface area contributed by atoms with Gasteiger partial charge < -0.3 is 10.1 Å². The number of fused-ring (bicyclic) bond motifs is 1. The fraction of sp³-hybridized carbons (Fsp3) is 0.333. The van der Waals surface area contributed by atoms with E-state index in [0.717, 1.165) is 39.6 Å². The summed E-state index contributed by atoms with van der Waals surface area (Å²) in [6.45, 7) is 4.12. The maximum absolute atomic E-state index is 13.0. The van der Waals surface area contributed by atoms with Crippen LogP contribution in [0.4, 0.5) is 11.6 Å². The topological polar surface area (TPSA) is 93.2 Å². The molecule has 1 fully saturated rings. The van der Waals surface area contributed by atoms with Crippen LogP contribution in [0.2, 0.25) is 0 Å². The molecular formula is C30H34N4O3S. The van der Waals surface area contributed by atoms with Crippen molar-refractivity contribution in [2.45, 2.75) is 63.3 Å². The van der Waals surface area contributed by atoms with E-state index in [4.69, 9.17) is 9.72 Å². The zero-order valence-corrected chi connectivity index (χ0v) is 22.9. The highest BCUT2D eigenvalue weighted by Gasteiger charge is 2.20. The van der Waals surface area contributed by atoms with Crippen molar-refractivity contribution in [3.8, 4) is 16.9 Å². The molecule has 1 aromatic heterocycles. The van der Waals surface area contributed by atoms with Crippen molar-refractivity contribution in [1.82, 2.24) is 9.97 Å². The summed E-state index contributed by atoms with van der Waals surface area (Å²) in [7, 11) is -2.34. The van der Waals surface area contributed by atoms with E-state index >= 15 is 0 Å². The van der Waals surface area contributed by atoms with Crippen LogP contribution >= 0.6 is 0 Å². The third-order valence-corrected chi connectivity index (χ3v) is 8.65. The van der Waals surface area contributed by atoms with Gasteiger partial charge in [-0.3, -0.25) is 4.72 Å². The van der Waals surface area contributed by atoms with Gasteiger partial charge in [-0.15, -0.1) is 0 Å². The quantitative estimate of drug-likeness (QED) is 0.263. The van der Waals surface area contributed by atoms with Crippen LogP contribution in [0.5, 0.6) is 5.75 Å². The van der Waals surface area contributed by atoms with Crippen LogP contribution in [0.3, 0.4) is 0 Å². The van der Waals surface area contributed by atoms with Crippen LogP contribution in [0.25, 0.3) is 22.0 Å². The van der Waals surface area contributed by atoms with Crippen LogP contribution in [-0.2, 0) is 16.4 Å². The first-order chi connectivity index (χ1) is 18.4. The zero-order valence-electron chi connectivity index (χ0n) is 22.1. The van der Waals surface area contributed by atoms with Gasteiger partial charge in [0.25, 0.3) is 10.0 Å². The highest BCUT2D eigenvalue weighted by atomic mass is 32.2. The Morgan fingerprint density at radius 1 is 1.03 bits per heavy atom. The van der Waals surface area contributed by atoms with Crippen LogP contribution in [0, 0.1) is 6.92 Å². The lowest BCUT2D eigenvalue weighted by molar-refractivity contribution is 0.403. The number of hydrogen-bond donors (Lipinski definition) is 2. The SMILES string of the molecule is CCc1cc(-c2ccc(NS(=O)(=O)c3ccccc3OC)cc2C)cc2cnc(NC3CCCCC3)nc12. The Morgan fingerprint density at radius 3 is 2.55 bits per heavy atom. The number of sulfonamides is 1. The Bertz CT molecular complexity index is 1560. The van der Waals surface area contributed by atoms with E-state index in [2.05, 4.69) is 34.1 Å². The van der Waals surface area contributed by atoms with Gasteiger partial charge in [0.15, 0.2) is 0 Å². The van der Waals surface area contributed by atoms with Crippen molar-refractivity contribution in [3.05, 3.63) is 71.9 Å². The Hall–Kier alpha value is -3.65. The number of hydrogen-bond acceptors (Lipinski definition) is 6. The minimum Gasteiger partial charge on any atom is -0.495 e. The van der Waals surface area contributed by atoms with Gasteiger partial charge in [0.05, 0.1) is 12.6 Å². The third-order valence-electron chi connectivity index (χ3n) is 7.23. The number of anilines is 2. The van der Waals surface area contributed by atoms with Crippen LogP contribution in [0.15, 0.2) is 65.7 Å². The summed E-state index contributed by atoms with van der Waals surface area (Å²) in [6.07, 6.45) is 8.93. The molecule has 0 unspecified atom stereocenters. The summed E-state index contributed by atoms with van der Waals surface area (Å²) in [5.74, 6) is 1.01. The number of rotatable bonds is 8. The van der Waals surface area contributed by atoms with E-state index in [9.17, 15) is 8.42 Å². The normalized spacial score (nSPS) is 14.4. The largest absolute Gasteiger partial charge is 0.495 e. The van der Waals surface area contributed by atoms with Gasteiger partial charge in [-0.25, -0.2) is 18.4 Å². The van der Waals surface area contributed by atoms with E-state index < -0.39 is 10.0 Å². The number of benzene rings is 3. The summed E-state index contributed by atoms with van der Waals surface area (Å²) in [4.78, 5) is 9.61. The minimum absolute atomic E-state index is 0.101. The lowest BCUT2D eigenvalue weighted by atomic mass is 9.95. The van der Waals surface area contributed by atoms with Crippen LogP contribution in [-0.4, -0.2) is 31.5 Å². The Labute approximate surface area is 224 Å². The predicted molar refractivity (Wildman–Crippen MR) is 153 cm³/mol. The molecule has 1 aliphatic carbocycles. The van der Waals surface area contributed by atoms with Gasteiger partial charge in [-0.1, -0.05) is 44.4 Å². The molecule has 0 bridgehead atoms. The maximum atomic E-state index is 13.0. The maximum Gasteiger partial charge on any atom is 0.265 e. The van der Waals surface area contributed by atoms with Crippen LogP contribution in [0.1, 0.15) is 50.2 Å². The number of methoxy groups -OCH3 is 1. The van der Waals surface area contributed by atoms with E-state index in [1.54, 1.807) is 24.3 Å². The molecule has 1 aliphatic rings. The summed E-state index contributed by atoms with van der Waals surface area (Å²) < 4.78 is 34.0. The van der Waals surface area contributed by atoms with Crippen molar-refractivity contribution >= 4 is 32.6 Å². The first-order valence-corrected chi connectivity index (χ1v) is 14.7. The van der Waals surface area contributed by atoms with Gasteiger partial charge in [-0.2, -0.15) is 0 Å². The van der Waals surface area contributed by atoms with Crippen molar-refractivity contribution in [3.63, 3.8) is 0 Å². The minimum atomic E-state index is -3.80. The van der Waals surface area contributed by atoms with E-state index in [0.29, 0.717) is 23.4 Å². The van der Waals surface area contributed by atoms with Gasteiger partial charge in [0.2, 0.25) is 5.95 Å². The number of nitrogens with one attached hydrogen (secondary N) is 2. The van der Waals surface area contributed by atoms with E-state index in [1.807, 2.05) is 25.3 Å². The van der Waals surface area contributed by atoms with E-state index in [1.165, 1.54) is 45.3 Å². The molecule has 7 nitrogen and oxygen atoms in total. The van der Waals surface area contributed by atoms with Crippen molar-refractivity contribution < 1.29 is 13.2 Å². The molecule has 0 atom stereocenters. The highest BCUT2D eigenvalue weighted by molar-refractivity contribution is 7.92. The molecule has 0 radical (unpaired) electrons. The lowest BCUT2D eigenvalue weighted by Crippen LogP contribution is -2.23. The second-order valence-corrected chi connectivity index (χ2v) is 11.5. The smallest absolute Gasteiger partial charge is 0.265 e. The molecule has 8 heteroatoms. The number of nitrogens with zero attached hydrogens (tertiary/aromatic N) is 2. The van der Waals surface area contributed by atoms with Gasteiger partial charge in [-0.05, 0) is 84.8 Å². The average Bonchev–Trinajstić information content (AvgIpc) is 2.93. The standard InChI is InChI=1S/C30H34N4O3S/c1-4-21-17-22(18-23-19-31-30(33-29(21)23)32-24-10-6-5-7-11-24)26-15-14-25(16-20(26)2)34-38(35,36)28-13-9-8-12-27(28)37-3/h8-9,12-19,24,34H,4-7,10-11H2,1-3H3,(H,31,32,33). The number of ether oxygens (including phenoxy) is 1. The molecule has 0 aliphatic heterocycles. The fourth-order valence-corrected chi connectivity index (χ4v) is 6.47. The fourth-order valence-electron chi connectivity index (χ4n) is 5.25. The van der Waals surface area contributed by atoms with Crippen molar-refractivity contribution in [1.29, 1.82) is 0 Å². The molecule has 0 saturated heterocycles. The second-order valence-electron chi connectivity index (χ2n) is 9.89. The third kappa shape index (κ3) is 5.45. The molecule has 0 amide bonds. The zero-order chi connectivity index (χ0) is 26.7. The Kier molecular flexibility index (Phi) is 7.51. The number of aromatic nitrogens is 2. The molecule has 1 saturated carbocycles. The highest BCUT2D eigenvalue weighted by Crippen LogP contribution is 2.32. The lowest BCUT2D eigenvalue weighted by Gasteiger charge is -2.22. The van der Waals surface area contributed by atoms with Crippen LogP contribution < -0.4 is 14.8 Å². The average molecular weight is 531 g/mol. The number of aryl methyl sites for hydroxylation is 2. The monoisotopic (exact) mass is 530 g/mol. The molecule has 2 N–H and O–H groups in total. The van der Waals surface area contributed by atoms with Gasteiger partial charge in [0.1, 0.15) is 10.6 Å². The summed E-state index contributed by atoms with van der Waals surface area (Å²) in [6, 6.07) is 16.9. The molecule has 4 aromatic rings. The first-order valence-electron chi connectivity index (χ1n) is 13.2.